The number of fused-ring (bicyclic) bond motifs is 2. The van der Waals surface area contributed by atoms with Crippen molar-refractivity contribution in [2.75, 3.05) is 38.8 Å². The highest BCUT2D eigenvalue weighted by atomic mass is 16.5. The first kappa shape index (κ1) is 16.5. The Kier molecular flexibility index (Phi) is 3.96. The first-order valence-electron chi connectivity index (χ1n) is 9.69. The van der Waals surface area contributed by atoms with Gasteiger partial charge in [0, 0.05) is 24.7 Å². The van der Waals surface area contributed by atoms with Crippen LogP contribution in [0.5, 0.6) is 11.5 Å². The van der Waals surface area contributed by atoms with Crippen molar-refractivity contribution in [3.05, 3.63) is 53.6 Å². The van der Waals surface area contributed by atoms with Gasteiger partial charge in [-0.1, -0.05) is 30.3 Å². The Balaban J connectivity index is 1.70. The molecule has 2 heterocycles. The summed E-state index contributed by atoms with van der Waals surface area (Å²) in [6.45, 7) is 2.82. The number of ether oxygens (including phenoxy) is 2. The molecule has 0 N–H and O–H groups in total. The molecule has 140 valence electrons. The zero-order chi connectivity index (χ0) is 18.4. The summed E-state index contributed by atoms with van der Waals surface area (Å²) >= 11 is 0. The average molecular weight is 363 g/mol. The second-order valence-corrected chi connectivity index (χ2v) is 7.51. The van der Waals surface area contributed by atoms with Crippen LogP contribution in [0.2, 0.25) is 0 Å². The maximum Gasteiger partial charge on any atom is 0.202 e. The molecule has 1 fully saturated rings. The Labute approximate surface area is 160 Å². The molecule has 2 aromatic rings. The summed E-state index contributed by atoms with van der Waals surface area (Å²) < 4.78 is 11.3. The first-order valence-corrected chi connectivity index (χ1v) is 9.69. The van der Waals surface area contributed by atoms with Crippen LogP contribution >= 0.6 is 0 Å². The fraction of sp³-hybridized carbons (Fsp3) is 0.409. The Morgan fingerprint density at radius 3 is 2.48 bits per heavy atom. The molecule has 0 saturated heterocycles. The summed E-state index contributed by atoms with van der Waals surface area (Å²) in [6, 6.07) is 15.1. The van der Waals surface area contributed by atoms with E-state index >= 15 is 0 Å². The second-order valence-electron chi connectivity index (χ2n) is 7.51. The van der Waals surface area contributed by atoms with Crippen LogP contribution in [0.1, 0.15) is 30.0 Å². The third-order valence-electron chi connectivity index (χ3n) is 5.78. The fourth-order valence-electron chi connectivity index (χ4n) is 4.28. The molecule has 1 atom stereocenters. The molecular formula is C22H25N3O2. The number of rotatable bonds is 5. The number of anilines is 1. The van der Waals surface area contributed by atoms with Gasteiger partial charge in [0.05, 0.1) is 32.5 Å². The van der Waals surface area contributed by atoms with Crippen molar-refractivity contribution in [3.63, 3.8) is 0 Å². The first-order chi connectivity index (χ1) is 13.3. The van der Waals surface area contributed by atoms with Crippen LogP contribution < -0.4 is 14.4 Å². The molecule has 1 saturated carbocycles. The van der Waals surface area contributed by atoms with Crippen LogP contribution in [0.15, 0.2) is 47.5 Å². The third kappa shape index (κ3) is 2.73. The number of nitrogens with zero attached hydrogens (tertiary/aromatic N) is 3. The van der Waals surface area contributed by atoms with Crippen LogP contribution in [0.25, 0.3) is 0 Å². The maximum atomic E-state index is 5.63. The molecule has 3 aliphatic rings. The molecule has 5 nitrogen and oxygen atoms in total. The van der Waals surface area contributed by atoms with E-state index < -0.39 is 0 Å². The monoisotopic (exact) mass is 363 g/mol. The SMILES string of the molecule is COc1cc2c(cc1OC)N(CC1CC1)C1=NCCN1C2c1ccccc1. The molecule has 1 aliphatic carbocycles. The molecule has 0 bridgehead atoms. The number of hydrogen-bond acceptors (Lipinski definition) is 5. The van der Waals surface area contributed by atoms with Crippen molar-refractivity contribution >= 4 is 11.6 Å². The van der Waals surface area contributed by atoms with E-state index in [-0.39, 0.29) is 6.04 Å². The Bertz CT molecular complexity index is 877. The van der Waals surface area contributed by atoms with E-state index in [0.717, 1.165) is 43.0 Å². The van der Waals surface area contributed by atoms with Crippen LogP contribution in [-0.4, -0.2) is 44.7 Å². The topological polar surface area (TPSA) is 37.3 Å². The third-order valence-corrected chi connectivity index (χ3v) is 5.78. The molecule has 0 spiro atoms. The normalized spacial score (nSPS) is 20.8. The molecule has 1 unspecified atom stereocenters. The highest BCUT2D eigenvalue weighted by Gasteiger charge is 2.41. The summed E-state index contributed by atoms with van der Waals surface area (Å²) in [4.78, 5) is 9.74. The van der Waals surface area contributed by atoms with Gasteiger partial charge in [0.25, 0.3) is 0 Å². The lowest BCUT2D eigenvalue weighted by molar-refractivity contribution is 0.346. The zero-order valence-corrected chi connectivity index (χ0v) is 15.9. The maximum absolute atomic E-state index is 5.63. The quantitative estimate of drug-likeness (QED) is 0.812. The van der Waals surface area contributed by atoms with E-state index in [9.17, 15) is 0 Å². The summed E-state index contributed by atoms with van der Waals surface area (Å²) in [5, 5.41) is 0. The van der Waals surface area contributed by atoms with Gasteiger partial charge in [-0.15, -0.1) is 0 Å². The standard InChI is InChI=1S/C22H25N3O2/c1-26-19-12-17-18(13-20(19)27-2)25(14-15-8-9-15)22-23-10-11-24(22)21(17)16-6-4-3-5-7-16/h3-7,12-13,15,21H,8-11,14H2,1-2H3. The highest BCUT2D eigenvalue weighted by Crippen LogP contribution is 2.47. The molecule has 0 radical (unpaired) electrons. The highest BCUT2D eigenvalue weighted by molar-refractivity contribution is 6.01. The molecular weight excluding hydrogens is 338 g/mol. The Morgan fingerprint density at radius 2 is 1.78 bits per heavy atom. The number of guanidine groups is 1. The van der Waals surface area contributed by atoms with Gasteiger partial charge in [-0.3, -0.25) is 4.99 Å². The van der Waals surface area contributed by atoms with E-state index in [0.29, 0.717) is 0 Å². The van der Waals surface area contributed by atoms with E-state index in [1.807, 2.05) is 0 Å². The van der Waals surface area contributed by atoms with E-state index in [1.165, 1.54) is 29.7 Å². The minimum atomic E-state index is 0.151. The van der Waals surface area contributed by atoms with Gasteiger partial charge in [0.15, 0.2) is 11.5 Å². The van der Waals surface area contributed by atoms with Crippen LogP contribution in [0.4, 0.5) is 5.69 Å². The Hall–Kier alpha value is -2.69. The lowest BCUT2D eigenvalue weighted by Crippen LogP contribution is -2.49. The molecule has 27 heavy (non-hydrogen) atoms. The predicted molar refractivity (Wildman–Crippen MR) is 107 cm³/mol. The van der Waals surface area contributed by atoms with Crippen molar-refractivity contribution in [1.29, 1.82) is 0 Å². The van der Waals surface area contributed by atoms with Crippen molar-refractivity contribution in [3.8, 4) is 11.5 Å². The summed E-state index contributed by atoms with van der Waals surface area (Å²) in [7, 11) is 3.40. The van der Waals surface area contributed by atoms with Gasteiger partial charge in [-0.2, -0.15) is 0 Å². The van der Waals surface area contributed by atoms with Crippen molar-refractivity contribution in [2.24, 2.45) is 10.9 Å². The fourth-order valence-corrected chi connectivity index (χ4v) is 4.28. The van der Waals surface area contributed by atoms with Gasteiger partial charge in [0.1, 0.15) is 0 Å². The van der Waals surface area contributed by atoms with Crippen LogP contribution in [-0.2, 0) is 0 Å². The Morgan fingerprint density at radius 1 is 1.04 bits per heavy atom. The average Bonchev–Trinajstić information content (AvgIpc) is 3.41. The molecule has 0 amide bonds. The minimum Gasteiger partial charge on any atom is -0.493 e. The van der Waals surface area contributed by atoms with Crippen molar-refractivity contribution in [1.82, 2.24) is 4.90 Å². The molecule has 0 aromatic heterocycles. The van der Waals surface area contributed by atoms with Gasteiger partial charge in [0.2, 0.25) is 5.96 Å². The van der Waals surface area contributed by atoms with Gasteiger partial charge < -0.3 is 19.3 Å². The van der Waals surface area contributed by atoms with Crippen molar-refractivity contribution < 1.29 is 9.47 Å². The summed E-state index contributed by atoms with van der Waals surface area (Å²) in [6.07, 6.45) is 2.63. The van der Waals surface area contributed by atoms with E-state index in [4.69, 9.17) is 14.5 Å². The van der Waals surface area contributed by atoms with E-state index in [1.54, 1.807) is 14.2 Å². The van der Waals surface area contributed by atoms with Gasteiger partial charge in [-0.25, -0.2) is 0 Å². The number of aliphatic imine (C=N–C) groups is 1. The van der Waals surface area contributed by atoms with Crippen molar-refractivity contribution in [2.45, 2.75) is 18.9 Å². The minimum absolute atomic E-state index is 0.151. The molecule has 5 heteroatoms. The second kappa shape index (κ2) is 6.48. The lowest BCUT2D eigenvalue weighted by Gasteiger charge is -2.43. The number of hydrogen-bond donors (Lipinski definition) is 0. The van der Waals surface area contributed by atoms with E-state index in [2.05, 4.69) is 52.3 Å². The smallest absolute Gasteiger partial charge is 0.202 e. The largest absolute Gasteiger partial charge is 0.493 e. The van der Waals surface area contributed by atoms with Gasteiger partial charge >= 0.3 is 0 Å². The number of benzene rings is 2. The lowest BCUT2D eigenvalue weighted by atomic mass is 9.92. The molecule has 5 rings (SSSR count). The number of methoxy groups -OCH3 is 2. The van der Waals surface area contributed by atoms with Gasteiger partial charge in [-0.05, 0) is 30.4 Å². The van der Waals surface area contributed by atoms with Crippen LogP contribution in [0.3, 0.4) is 0 Å². The molecule has 2 aliphatic heterocycles. The summed E-state index contributed by atoms with van der Waals surface area (Å²) in [5.41, 5.74) is 3.75. The summed E-state index contributed by atoms with van der Waals surface area (Å²) in [5.74, 6) is 3.43. The zero-order valence-electron chi connectivity index (χ0n) is 15.9. The molecule has 2 aromatic carbocycles. The predicted octanol–water partition coefficient (Wildman–Crippen LogP) is 3.69. The van der Waals surface area contributed by atoms with Crippen LogP contribution in [0, 0.1) is 5.92 Å².